The molecule has 1 atom stereocenters. The maximum absolute atomic E-state index is 12.6. The Hall–Kier alpha value is -2.19. The zero-order valence-electron chi connectivity index (χ0n) is 11.4. The summed E-state index contributed by atoms with van der Waals surface area (Å²) in [5.74, 6) is -1.15. The monoisotopic (exact) mass is 323 g/mol. The van der Waals surface area contributed by atoms with Gasteiger partial charge < -0.3 is 9.52 Å². The fourth-order valence-electron chi connectivity index (χ4n) is 2.62. The van der Waals surface area contributed by atoms with Crippen LogP contribution in [0, 0.1) is 0 Å². The fraction of sp³-hybridized carbons (Fsp3) is 0.286. The molecule has 22 heavy (non-hydrogen) atoms. The van der Waals surface area contributed by atoms with Gasteiger partial charge in [-0.25, -0.2) is 13.2 Å². The zero-order valence-corrected chi connectivity index (χ0v) is 12.2. The van der Waals surface area contributed by atoms with E-state index in [1.807, 2.05) is 0 Å². The summed E-state index contributed by atoms with van der Waals surface area (Å²) in [6.45, 7) is 0.182. The standard InChI is InChI=1S/C14H13NO6S/c16-13-6-3-9-8-10(4-5-12(9)21-13)22(19,20)15-7-1-2-11(15)14(17)18/h3-6,8,11H,1-2,7H2,(H,17,18)/t11-/m1/s1. The molecule has 0 aliphatic carbocycles. The lowest BCUT2D eigenvalue weighted by atomic mass is 10.2. The molecule has 8 heteroatoms. The van der Waals surface area contributed by atoms with E-state index in [4.69, 9.17) is 9.52 Å². The molecule has 0 saturated carbocycles. The lowest BCUT2D eigenvalue weighted by Crippen LogP contribution is -2.40. The number of benzene rings is 1. The van der Waals surface area contributed by atoms with Crippen molar-refractivity contribution in [2.45, 2.75) is 23.8 Å². The van der Waals surface area contributed by atoms with Crippen molar-refractivity contribution >= 4 is 27.0 Å². The Labute approximate surface area is 125 Å². The van der Waals surface area contributed by atoms with Crippen LogP contribution in [0.25, 0.3) is 11.0 Å². The van der Waals surface area contributed by atoms with Crippen LogP contribution in [0.5, 0.6) is 0 Å². The van der Waals surface area contributed by atoms with E-state index >= 15 is 0 Å². The van der Waals surface area contributed by atoms with Gasteiger partial charge in [-0.2, -0.15) is 4.31 Å². The summed E-state index contributed by atoms with van der Waals surface area (Å²) in [7, 11) is -3.90. The van der Waals surface area contributed by atoms with Gasteiger partial charge in [0.2, 0.25) is 10.0 Å². The second kappa shape index (κ2) is 5.22. The van der Waals surface area contributed by atoms with Gasteiger partial charge in [0.15, 0.2) is 0 Å². The molecule has 0 bridgehead atoms. The minimum Gasteiger partial charge on any atom is -0.480 e. The Balaban J connectivity index is 2.07. The molecule has 116 valence electrons. The van der Waals surface area contributed by atoms with Crippen LogP contribution in [0.2, 0.25) is 0 Å². The fourth-order valence-corrected chi connectivity index (χ4v) is 4.31. The molecule has 1 saturated heterocycles. The maximum atomic E-state index is 12.6. The molecule has 0 radical (unpaired) electrons. The van der Waals surface area contributed by atoms with Gasteiger partial charge in [0.1, 0.15) is 11.6 Å². The average molecular weight is 323 g/mol. The van der Waals surface area contributed by atoms with Crippen LogP contribution in [0.1, 0.15) is 12.8 Å². The largest absolute Gasteiger partial charge is 0.480 e. The molecule has 1 aliphatic heterocycles. The number of aliphatic carboxylic acids is 1. The summed E-state index contributed by atoms with van der Waals surface area (Å²) in [4.78, 5) is 22.3. The molecule has 1 N–H and O–H groups in total. The minimum atomic E-state index is -3.90. The third-order valence-corrected chi connectivity index (χ3v) is 5.59. The van der Waals surface area contributed by atoms with Gasteiger partial charge in [0.25, 0.3) is 0 Å². The molecule has 0 unspecified atom stereocenters. The van der Waals surface area contributed by atoms with Gasteiger partial charge in [-0.3, -0.25) is 4.79 Å². The van der Waals surface area contributed by atoms with Gasteiger partial charge in [-0.05, 0) is 37.1 Å². The lowest BCUT2D eigenvalue weighted by molar-refractivity contribution is -0.140. The summed E-state index contributed by atoms with van der Waals surface area (Å²) in [5, 5.41) is 9.60. The summed E-state index contributed by atoms with van der Waals surface area (Å²) in [5.41, 5.74) is -0.240. The van der Waals surface area contributed by atoms with Crippen LogP contribution in [0.15, 0.2) is 44.4 Å². The van der Waals surface area contributed by atoms with Gasteiger partial charge in [0.05, 0.1) is 4.90 Å². The third kappa shape index (κ3) is 2.40. The van der Waals surface area contributed by atoms with E-state index in [1.165, 1.54) is 30.3 Å². The zero-order chi connectivity index (χ0) is 15.9. The van der Waals surface area contributed by atoms with Gasteiger partial charge in [-0.15, -0.1) is 0 Å². The first-order valence-electron chi connectivity index (χ1n) is 6.68. The number of carboxylic acid groups (broad SMARTS) is 1. The highest BCUT2D eigenvalue weighted by atomic mass is 32.2. The number of hydrogen-bond donors (Lipinski definition) is 1. The van der Waals surface area contributed by atoms with Crippen LogP contribution in [0.4, 0.5) is 0 Å². The number of rotatable bonds is 3. The van der Waals surface area contributed by atoms with E-state index in [2.05, 4.69) is 0 Å². The Bertz CT molecular complexity index is 901. The third-order valence-electron chi connectivity index (χ3n) is 3.69. The first-order chi connectivity index (χ1) is 10.4. The number of fused-ring (bicyclic) bond motifs is 1. The minimum absolute atomic E-state index is 0.0120. The Kier molecular flexibility index (Phi) is 3.50. The predicted molar refractivity (Wildman–Crippen MR) is 77.0 cm³/mol. The van der Waals surface area contributed by atoms with Gasteiger partial charge >= 0.3 is 11.6 Å². The molecule has 2 aromatic rings. The van der Waals surface area contributed by atoms with E-state index in [-0.39, 0.29) is 17.0 Å². The van der Waals surface area contributed by atoms with Crippen LogP contribution >= 0.6 is 0 Å². The average Bonchev–Trinajstić information content (AvgIpc) is 2.97. The first kappa shape index (κ1) is 14.7. The summed E-state index contributed by atoms with van der Waals surface area (Å²) < 4.78 is 31.2. The molecule has 1 aromatic heterocycles. The number of nitrogens with zero attached hydrogens (tertiary/aromatic N) is 1. The number of sulfonamides is 1. The van der Waals surface area contributed by atoms with E-state index < -0.39 is 27.7 Å². The number of carboxylic acids is 1. The van der Waals surface area contributed by atoms with E-state index in [9.17, 15) is 18.0 Å². The van der Waals surface area contributed by atoms with Crippen LogP contribution in [-0.2, 0) is 14.8 Å². The molecule has 0 spiro atoms. The Morgan fingerprint density at radius 1 is 1.27 bits per heavy atom. The normalized spacial score (nSPS) is 19.5. The van der Waals surface area contributed by atoms with Crippen LogP contribution in [-0.4, -0.2) is 36.4 Å². The Morgan fingerprint density at radius 2 is 2.05 bits per heavy atom. The lowest BCUT2D eigenvalue weighted by Gasteiger charge is -2.21. The molecule has 1 aliphatic rings. The maximum Gasteiger partial charge on any atom is 0.336 e. The Morgan fingerprint density at radius 3 is 2.77 bits per heavy atom. The molecule has 1 fully saturated rings. The van der Waals surface area contributed by atoms with E-state index in [0.29, 0.717) is 18.2 Å². The summed E-state index contributed by atoms with van der Waals surface area (Å²) in [6.07, 6.45) is 0.815. The van der Waals surface area contributed by atoms with Crippen LogP contribution < -0.4 is 5.63 Å². The smallest absolute Gasteiger partial charge is 0.336 e. The second-order valence-electron chi connectivity index (χ2n) is 5.07. The first-order valence-corrected chi connectivity index (χ1v) is 8.12. The van der Waals surface area contributed by atoms with Gasteiger partial charge in [0, 0.05) is 18.0 Å². The highest BCUT2D eigenvalue weighted by molar-refractivity contribution is 7.89. The summed E-state index contributed by atoms with van der Waals surface area (Å²) >= 11 is 0. The van der Waals surface area contributed by atoms with Gasteiger partial charge in [-0.1, -0.05) is 0 Å². The van der Waals surface area contributed by atoms with Crippen LogP contribution in [0.3, 0.4) is 0 Å². The van der Waals surface area contributed by atoms with E-state index in [1.54, 1.807) is 0 Å². The summed E-state index contributed by atoms with van der Waals surface area (Å²) in [6, 6.07) is 5.74. The van der Waals surface area contributed by atoms with Crippen molar-refractivity contribution in [3.63, 3.8) is 0 Å². The second-order valence-corrected chi connectivity index (χ2v) is 6.96. The van der Waals surface area contributed by atoms with Crippen molar-refractivity contribution in [3.05, 3.63) is 40.8 Å². The quantitative estimate of drug-likeness (QED) is 0.846. The molecule has 7 nitrogen and oxygen atoms in total. The van der Waals surface area contributed by atoms with Crippen molar-refractivity contribution in [2.24, 2.45) is 0 Å². The molecule has 1 aromatic carbocycles. The molecular formula is C14H13NO6S. The van der Waals surface area contributed by atoms with Crippen molar-refractivity contribution in [2.75, 3.05) is 6.54 Å². The predicted octanol–water partition coefficient (Wildman–Crippen LogP) is 1.03. The molecular weight excluding hydrogens is 310 g/mol. The molecule has 2 heterocycles. The van der Waals surface area contributed by atoms with Crippen molar-refractivity contribution in [1.82, 2.24) is 4.31 Å². The highest BCUT2D eigenvalue weighted by Gasteiger charge is 2.39. The molecule has 3 rings (SSSR count). The molecule has 0 amide bonds. The van der Waals surface area contributed by atoms with E-state index in [0.717, 1.165) is 4.31 Å². The number of carbonyl (C=O) groups is 1. The van der Waals surface area contributed by atoms with Crippen molar-refractivity contribution in [1.29, 1.82) is 0 Å². The highest BCUT2D eigenvalue weighted by Crippen LogP contribution is 2.27. The topological polar surface area (TPSA) is 105 Å². The van der Waals surface area contributed by atoms with Crippen molar-refractivity contribution < 1.29 is 22.7 Å². The van der Waals surface area contributed by atoms with Crippen molar-refractivity contribution in [3.8, 4) is 0 Å². The SMILES string of the molecule is O=C(O)[C@H]1CCCN1S(=O)(=O)c1ccc2oc(=O)ccc2c1. The number of hydrogen-bond acceptors (Lipinski definition) is 5.